The first-order valence-corrected chi connectivity index (χ1v) is 3.83. The molecule has 1 aromatic heterocycles. The Kier molecular flexibility index (Phi) is 1.80. The van der Waals surface area contributed by atoms with Gasteiger partial charge in [-0.1, -0.05) is 0 Å². The molecule has 0 saturated heterocycles. The predicted octanol–water partition coefficient (Wildman–Crippen LogP) is 1.53. The average Bonchev–Trinajstić information content (AvgIpc) is 2.44. The van der Waals surface area contributed by atoms with Gasteiger partial charge in [-0.15, -0.1) is 0 Å². The lowest BCUT2D eigenvalue weighted by Crippen LogP contribution is -2.40. The lowest BCUT2D eigenvalue weighted by Gasteiger charge is -2.25. The highest BCUT2D eigenvalue weighted by Gasteiger charge is 2.35. The van der Waals surface area contributed by atoms with Crippen molar-refractivity contribution in [1.82, 2.24) is 14.9 Å². The van der Waals surface area contributed by atoms with Gasteiger partial charge in [0.1, 0.15) is 0 Å². The Morgan fingerprint density at radius 1 is 1.46 bits per heavy atom. The van der Waals surface area contributed by atoms with E-state index in [4.69, 9.17) is 0 Å². The molecule has 6 heteroatoms. The Morgan fingerprint density at radius 3 is 2.85 bits per heavy atom. The summed E-state index contributed by atoms with van der Waals surface area (Å²) in [6.45, 7) is 1.60. The molecule has 3 nitrogen and oxygen atoms in total. The molecule has 0 saturated carbocycles. The van der Waals surface area contributed by atoms with Crippen molar-refractivity contribution in [3.63, 3.8) is 0 Å². The summed E-state index contributed by atoms with van der Waals surface area (Å²) in [7, 11) is 0. The Balaban J connectivity index is 2.47. The molecule has 2 heterocycles. The number of hydrogen-bond donors (Lipinski definition) is 1. The topological polar surface area (TPSA) is 29.9 Å². The maximum atomic E-state index is 13.1. The number of imidazole rings is 1. The number of alkyl halides is 3. The van der Waals surface area contributed by atoms with Gasteiger partial charge in [-0.25, -0.2) is 23.5 Å². The van der Waals surface area contributed by atoms with Crippen LogP contribution in [0.3, 0.4) is 0 Å². The second kappa shape index (κ2) is 2.73. The van der Waals surface area contributed by atoms with Crippen molar-refractivity contribution in [2.45, 2.75) is 25.8 Å². The lowest BCUT2D eigenvalue weighted by atomic mass is 10.4. The van der Waals surface area contributed by atoms with Gasteiger partial charge in [-0.2, -0.15) is 0 Å². The summed E-state index contributed by atoms with van der Waals surface area (Å²) >= 11 is 0. The summed E-state index contributed by atoms with van der Waals surface area (Å²) in [6, 6.07) is 0. The highest BCUT2D eigenvalue weighted by Crippen LogP contribution is 2.29. The van der Waals surface area contributed by atoms with E-state index >= 15 is 0 Å². The Bertz CT molecular complexity index is 325. The Labute approximate surface area is 72.6 Å². The van der Waals surface area contributed by atoms with Crippen LogP contribution >= 0.6 is 0 Å². The molecule has 0 aliphatic carbocycles. The molecule has 13 heavy (non-hydrogen) atoms. The van der Waals surface area contributed by atoms with Gasteiger partial charge in [0.2, 0.25) is 18.9 Å². The van der Waals surface area contributed by atoms with Crippen LogP contribution in [0.15, 0.2) is 6.20 Å². The van der Waals surface area contributed by atoms with Crippen molar-refractivity contribution in [1.29, 1.82) is 0 Å². The van der Waals surface area contributed by atoms with Crippen molar-refractivity contribution in [3.8, 4) is 0 Å². The summed E-state index contributed by atoms with van der Waals surface area (Å²) < 4.78 is 39.7. The number of fused-ring (bicyclic) bond motifs is 1. The van der Waals surface area contributed by atoms with E-state index in [0.29, 0.717) is 5.69 Å². The first kappa shape index (κ1) is 8.55. The fourth-order valence-electron chi connectivity index (χ4n) is 1.35. The molecule has 2 rings (SSSR count). The molecular weight excluding hydrogens is 183 g/mol. The third-order valence-electron chi connectivity index (χ3n) is 1.92. The van der Waals surface area contributed by atoms with Crippen molar-refractivity contribution in [3.05, 3.63) is 17.7 Å². The molecule has 0 radical (unpaired) electrons. The number of rotatable bonds is 0. The summed E-state index contributed by atoms with van der Waals surface area (Å²) in [5.41, 5.74) is 0.469. The molecule has 0 fully saturated rings. The number of nitrogens with one attached hydrogen (secondary N) is 1. The lowest BCUT2D eigenvalue weighted by molar-refractivity contribution is 0.0139. The SMILES string of the molecule is Cc1cn2c(n1)C(F)NC(F)C2F. The van der Waals surface area contributed by atoms with Crippen LogP contribution in [0.2, 0.25) is 0 Å². The highest BCUT2D eigenvalue weighted by atomic mass is 19.2. The van der Waals surface area contributed by atoms with Crippen LogP contribution in [-0.2, 0) is 0 Å². The molecule has 3 unspecified atom stereocenters. The third kappa shape index (κ3) is 1.21. The van der Waals surface area contributed by atoms with Crippen molar-refractivity contribution in [2.24, 2.45) is 0 Å². The van der Waals surface area contributed by atoms with Gasteiger partial charge in [0.15, 0.2) is 5.82 Å². The van der Waals surface area contributed by atoms with Gasteiger partial charge < -0.3 is 0 Å². The fourth-order valence-corrected chi connectivity index (χ4v) is 1.35. The van der Waals surface area contributed by atoms with E-state index in [2.05, 4.69) is 4.98 Å². The van der Waals surface area contributed by atoms with E-state index in [1.54, 1.807) is 12.2 Å². The van der Waals surface area contributed by atoms with Crippen molar-refractivity contribution in [2.75, 3.05) is 0 Å². The first-order valence-electron chi connectivity index (χ1n) is 3.83. The minimum absolute atomic E-state index is 0.112. The normalized spacial score (nSPS) is 33.1. The zero-order chi connectivity index (χ0) is 9.59. The maximum absolute atomic E-state index is 13.1. The molecule has 1 N–H and O–H groups in total. The van der Waals surface area contributed by atoms with E-state index < -0.39 is 18.9 Å². The predicted molar refractivity (Wildman–Crippen MR) is 39.0 cm³/mol. The van der Waals surface area contributed by atoms with Gasteiger partial charge in [0.05, 0.1) is 5.69 Å². The quantitative estimate of drug-likeness (QED) is 0.630. The van der Waals surface area contributed by atoms with Gasteiger partial charge in [0, 0.05) is 6.20 Å². The fraction of sp³-hybridized carbons (Fsp3) is 0.571. The second-order valence-corrected chi connectivity index (χ2v) is 2.95. The van der Waals surface area contributed by atoms with Crippen LogP contribution < -0.4 is 5.32 Å². The van der Waals surface area contributed by atoms with Crippen LogP contribution in [0.4, 0.5) is 13.2 Å². The minimum atomic E-state index is -2.02. The Morgan fingerprint density at radius 2 is 2.15 bits per heavy atom. The van der Waals surface area contributed by atoms with Crippen LogP contribution in [0, 0.1) is 6.92 Å². The maximum Gasteiger partial charge on any atom is 0.222 e. The molecule has 1 aromatic rings. The molecule has 0 spiro atoms. The average molecular weight is 191 g/mol. The van der Waals surface area contributed by atoms with Crippen molar-refractivity contribution >= 4 is 0 Å². The Hall–Kier alpha value is -1.04. The minimum Gasteiger partial charge on any atom is -0.296 e. The van der Waals surface area contributed by atoms with Gasteiger partial charge in [-0.05, 0) is 6.92 Å². The third-order valence-corrected chi connectivity index (χ3v) is 1.92. The highest BCUT2D eigenvalue weighted by molar-refractivity contribution is 5.08. The number of aromatic nitrogens is 2. The molecular formula is C7H8F3N3. The number of halogens is 3. The zero-order valence-corrected chi connectivity index (χ0v) is 6.84. The standard InChI is InChI=1S/C7H8F3N3/c1-3-2-13-6(10)4(8)12-5(9)7(13)11-3/h2,4-6,12H,1H3. The molecule has 1 aliphatic heterocycles. The van der Waals surface area contributed by atoms with E-state index in [-0.39, 0.29) is 5.82 Å². The molecule has 1 aliphatic rings. The number of nitrogens with zero attached hydrogens (tertiary/aromatic N) is 2. The summed E-state index contributed by atoms with van der Waals surface area (Å²) in [6.07, 6.45) is -4.37. The smallest absolute Gasteiger partial charge is 0.222 e. The van der Waals surface area contributed by atoms with Gasteiger partial charge in [-0.3, -0.25) is 4.57 Å². The molecule has 72 valence electrons. The summed E-state index contributed by atoms with van der Waals surface area (Å²) in [5.74, 6) is -0.112. The second-order valence-electron chi connectivity index (χ2n) is 2.95. The van der Waals surface area contributed by atoms with Crippen LogP contribution in [0.1, 0.15) is 24.1 Å². The number of hydrogen-bond acceptors (Lipinski definition) is 2. The van der Waals surface area contributed by atoms with E-state index in [1.165, 1.54) is 6.20 Å². The molecule has 3 atom stereocenters. The zero-order valence-electron chi connectivity index (χ0n) is 6.84. The summed E-state index contributed by atoms with van der Waals surface area (Å²) in [5, 5.41) is 1.81. The van der Waals surface area contributed by atoms with Crippen LogP contribution in [0.25, 0.3) is 0 Å². The molecule has 0 aromatic carbocycles. The first-order chi connectivity index (χ1) is 6.09. The van der Waals surface area contributed by atoms with Gasteiger partial charge >= 0.3 is 0 Å². The number of aryl methyl sites for hydroxylation is 1. The van der Waals surface area contributed by atoms with Crippen molar-refractivity contribution < 1.29 is 13.2 Å². The van der Waals surface area contributed by atoms with E-state index in [0.717, 1.165) is 4.57 Å². The molecule has 0 bridgehead atoms. The summed E-state index contributed by atoms with van der Waals surface area (Å²) in [4.78, 5) is 3.74. The van der Waals surface area contributed by atoms with E-state index in [9.17, 15) is 13.2 Å². The van der Waals surface area contributed by atoms with Crippen LogP contribution in [0.5, 0.6) is 0 Å². The largest absolute Gasteiger partial charge is 0.296 e. The van der Waals surface area contributed by atoms with Gasteiger partial charge in [0.25, 0.3) is 0 Å². The van der Waals surface area contributed by atoms with Crippen LogP contribution in [-0.4, -0.2) is 15.8 Å². The van der Waals surface area contributed by atoms with E-state index in [1.807, 2.05) is 0 Å². The monoisotopic (exact) mass is 191 g/mol. The molecule has 0 amide bonds.